The van der Waals surface area contributed by atoms with Crippen LogP contribution in [0.3, 0.4) is 0 Å². The van der Waals surface area contributed by atoms with Crippen LogP contribution in [-0.2, 0) is 0 Å². The lowest BCUT2D eigenvalue weighted by Gasteiger charge is -2.51. The molecule has 0 unspecified atom stereocenters. The van der Waals surface area contributed by atoms with Crippen LogP contribution in [0, 0.1) is 10.8 Å². The summed E-state index contributed by atoms with van der Waals surface area (Å²) in [4.78, 5) is 0. The molecular weight excluding hydrogens is 255 g/mol. The zero-order valence-corrected chi connectivity index (χ0v) is 16.6. The first kappa shape index (κ1) is 17.8. The maximum absolute atomic E-state index is 2.59. The summed E-state index contributed by atoms with van der Waals surface area (Å²) in [6, 6.07) is 0. The SMILES string of the molecule is CCB(CC)C1=C(C(C)(C)C)[Si](C)(C)/C1=C\C(C)(C)C. The van der Waals surface area contributed by atoms with E-state index in [4.69, 9.17) is 0 Å². The Morgan fingerprint density at radius 1 is 0.950 bits per heavy atom. The van der Waals surface area contributed by atoms with Gasteiger partial charge in [-0.2, -0.15) is 0 Å². The van der Waals surface area contributed by atoms with Crippen LogP contribution in [0.25, 0.3) is 0 Å². The van der Waals surface area contributed by atoms with Gasteiger partial charge in [0.15, 0.2) is 6.71 Å². The Bertz CT molecular complexity index is 423. The normalized spacial score (nSPS) is 21.2. The van der Waals surface area contributed by atoms with E-state index >= 15 is 0 Å². The van der Waals surface area contributed by atoms with Crippen LogP contribution in [0.15, 0.2) is 21.9 Å². The van der Waals surface area contributed by atoms with Gasteiger partial charge in [-0.05, 0) is 10.8 Å². The Morgan fingerprint density at radius 3 is 1.70 bits per heavy atom. The van der Waals surface area contributed by atoms with Crippen molar-refractivity contribution in [1.29, 1.82) is 0 Å². The highest BCUT2D eigenvalue weighted by Crippen LogP contribution is 2.52. The highest BCUT2D eigenvalue weighted by Gasteiger charge is 2.50. The topological polar surface area (TPSA) is 0 Å². The van der Waals surface area contributed by atoms with Crippen molar-refractivity contribution in [1.82, 2.24) is 0 Å². The Morgan fingerprint density at radius 2 is 1.40 bits per heavy atom. The molecule has 0 saturated carbocycles. The predicted molar refractivity (Wildman–Crippen MR) is 98.2 cm³/mol. The van der Waals surface area contributed by atoms with E-state index in [1.54, 1.807) is 10.7 Å². The quantitative estimate of drug-likeness (QED) is 0.545. The van der Waals surface area contributed by atoms with Gasteiger partial charge in [-0.25, -0.2) is 0 Å². The first-order valence-corrected chi connectivity index (χ1v) is 11.3. The van der Waals surface area contributed by atoms with Gasteiger partial charge in [-0.15, -0.1) is 0 Å². The highest BCUT2D eigenvalue weighted by atomic mass is 28.3. The van der Waals surface area contributed by atoms with Crippen LogP contribution in [0.2, 0.25) is 25.7 Å². The van der Waals surface area contributed by atoms with E-state index in [1.165, 1.54) is 12.6 Å². The summed E-state index contributed by atoms with van der Waals surface area (Å²) in [5.41, 5.74) is 2.37. The molecular formula is C18H35BSi. The number of rotatable bonds is 3. The van der Waals surface area contributed by atoms with Gasteiger partial charge in [0, 0.05) is 0 Å². The predicted octanol–water partition coefficient (Wildman–Crippen LogP) is 6.18. The van der Waals surface area contributed by atoms with E-state index in [1.807, 2.05) is 5.20 Å². The molecule has 0 N–H and O–H groups in total. The molecule has 0 aromatic rings. The van der Waals surface area contributed by atoms with E-state index < -0.39 is 8.07 Å². The van der Waals surface area contributed by atoms with Crippen LogP contribution in [0.5, 0.6) is 0 Å². The van der Waals surface area contributed by atoms with Crippen molar-refractivity contribution in [3.63, 3.8) is 0 Å². The molecule has 0 spiro atoms. The summed E-state index contributed by atoms with van der Waals surface area (Å²) < 4.78 is 0. The van der Waals surface area contributed by atoms with Gasteiger partial charge < -0.3 is 0 Å². The molecule has 1 rings (SSSR count). The lowest BCUT2D eigenvalue weighted by Crippen LogP contribution is -2.52. The molecule has 1 aliphatic heterocycles. The van der Waals surface area contributed by atoms with Crippen molar-refractivity contribution >= 4 is 14.8 Å². The van der Waals surface area contributed by atoms with Gasteiger partial charge in [0.2, 0.25) is 0 Å². The largest absolute Gasteiger partial charge is 0.174 e. The van der Waals surface area contributed by atoms with E-state index in [-0.39, 0.29) is 0 Å². The van der Waals surface area contributed by atoms with E-state index in [9.17, 15) is 0 Å². The Kier molecular flexibility index (Phi) is 4.91. The molecule has 2 heteroatoms. The molecule has 0 aliphatic carbocycles. The minimum atomic E-state index is -1.37. The molecule has 0 fully saturated rings. The van der Waals surface area contributed by atoms with Crippen LogP contribution in [0.1, 0.15) is 55.4 Å². The molecule has 114 valence electrons. The maximum Gasteiger partial charge on any atom is 0.174 e. The third-order valence-electron chi connectivity index (χ3n) is 4.58. The lowest BCUT2D eigenvalue weighted by atomic mass is 9.39. The molecule has 20 heavy (non-hydrogen) atoms. The fraction of sp³-hybridized carbons (Fsp3) is 0.778. The van der Waals surface area contributed by atoms with Crippen LogP contribution in [0.4, 0.5) is 0 Å². The fourth-order valence-corrected chi connectivity index (χ4v) is 8.80. The van der Waals surface area contributed by atoms with Gasteiger partial charge >= 0.3 is 0 Å². The minimum absolute atomic E-state index is 0.292. The molecule has 1 aliphatic rings. The summed E-state index contributed by atoms with van der Waals surface area (Å²) in [6.45, 7) is 24.8. The number of hydrogen-bond donors (Lipinski definition) is 0. The smallest absolute Gasteiger partial charge is 0.0843 e. The van der Waals surface area contributed by atoms with Crippen molar-refractivity contribution in [2.45, 2.75) is 81.1 Å². The maximum atomic E-state index is 2.59. The third-order valence-corrected chi connectivity index (χ3v) is 8.61. The van der Waals surface area contributed by atoms with E-state index in [2.05, 4.69) is 74.6 Å². The molecule has 0 radical (unpaired) electrons. The molecule has 0 nitrogen and oxygen atoms in total. The van der Waals surface area contributed by atoms with Crippen LogP contribution < -0.4 is 0 Å². The second kappa shape index (κ2) is 5.51. The van der Waals surface area contributed by atoms with Crippen molar-refractivity contribution in [3.8, 4) is 0 Å². The second-order valence-corrected chi connectivity index (χ2v) is 13.4. The van der Waals surface area contributed by atoms with Gasteiger partial charge in [-0.1, -0.05) is 103 Å². The van der Waals surface area contributed by atoms with E-state index in [0.29, 0.717) is 10.8 Å². The summed E-state index contributed by atoms with van der Waals surface area (Å²) in [7, 11) is -1.37. The first-order chi connectivity index (χ1) is 8.86. The van der Waals surface area contributed by atoms with Gasteiger partial charge in [0.25, 0.3) is 0 Å². The fourth-order valence-electron chi connectivity index (χ4n) is 4.03. The van der Waals surface area contributed by atoms with Crippen molar-refractivity contribution in [3.05, 3.63) is 21.9 Å². The lowest BCUT2D eigenvalue weighted by molar-refractivity contribution is 0.515. The molecule has 0 amide bonds. The Balaban J connectivity index is 3.49. The second-order valence-electron chi connectivity index (χ2n) is 9.10. The highest BCUT2D eigenvalue weighted by molar-refractivity contribution is 7.00. The third kappa shape index (κ3) is 3.32. The van der Waals surface area contributed by atoms with Crippen molar-refractivity contribution in [2.75, 3.05) is 0 Å². The Labute approximate surface area is 129 Å². The van der Waals surface area contributed by atoms with Crippen LogP contribution in [-0.4, -0.2) is 14.8 Å². The summed E-state index contributed by atoms with van der Waals surface area (Å²) >= 11 is 0. The summed E-state index contributed by atoms with van der Waals surface area (Å²) in [6.07, 6.45) is 5.14. The molecule has 0 aromatic heterocycles. The van der Waals surface area contributed by atoms with Crippen molar-refractivity contribution in [2.24, 2.45) is 10.8 Å². The summed E-state index contributed by atoms with van der Waals surface area (Å²) in [5.74, 6) is 0. The monoisotopic (exact) mass is 290 g/mol. The van der Waals surface area contributed by atoms with Gasteiger partial charge in [-0.3, -0.25) is 0 Å². The molecule has 1 heterocycles. The van der Waals surface area contributed by atoms with Crippen molar-refractivity contribution < 1.29 is 0 Å². The minimum Gasteiger partial charge on any atom is -0.0843 e. The van der Waals surface area contributed by atoms with Gasteiger partial charge in [0.05, 0.1) is 0 Å². The average Bonchev–Trinajstić information content (AvgIpc) is 2.23. The molecule has 0 atom stereocenters. The first-order valence-electron chi connectivity index (χ1n) is 8.35. The zero-order chi connectivity index (χ0) is 15.9. The summed E-state index contributed by atoms with van der Waals surface area (Å²) in [5, 5.41) is 3.58. The molecule has 0 saturated heterocycles. The Hall–Kier alpha value is -0.238. The number of hydrogen-bond acceptors (Lipinski definition) is 0. The zero-order valence-electron chi connectivity index (χ0n) is 15.6. The molecule has 0 aromatic carbocycles. The number of allylic oxidation sites excluding steroid dienone is 4. The van der Waals surface area contributed by atoms with Gasteiger partial charge in [0.1, 0.15) is 8.07 Å². The average molecular weight is 290 g/mol. The standard InChI is InChI=1S/C18H35BSi/c1-11-19(12-2)15-14(13-17(3,4)5)20(9,10)16(15)18(6,7)8/h13H,11-12H2,1-10H3/b14-13-. The molecule has 0 bridgehead atoms. The van der Waals surface area contributed by atoms with E-state index in [0.717, 1.165) is 6.71 Å². The van der Waals surface area contributed by atoms with Crippen LogP contribution >= 0.6 is 0 Å².